The maximum absolute atomic E-state index is 11.5. The second-order valence-electron chi connectivity index (χ2n) is 7.22. The zero-order chi connectivity index (χ0) is 19.1. The molecule has 0 bridgehead atoms. The molecule has 1 aliphatic heterocycles. The fraction of sp³-hybridized carbons (Fsp3) is 0.238. The van der Waals surface area contributed by atoms with Crippen molar-refractivity contribution < 1.29 is 9.32 Å². The Kier molecular flexibility index (Phi) is 3.83. The van der Waals surface area contributed by atoms with Crippen LogP contribution in [0.3, 0.4) is 0 Å². The Labute approximate surface area is 161 Å². The van der Waals surface area contributed by atoms with E-state index in [9.17, 15) is 10.1 Å². The molecule has 0 saturated heterocycles. The largest absolute Gasteiger partial charge is 0.384 e. The normalized spacial score (nSPS) is 15.0. The Balaban J connectivity index is 1.41. The van der Waals surface area contributed by atoms with Crippen molar-refractivity contribution in [1.82, 2.24) is 10.1 Å². The Morgan fingerprint density at radius 3 is 2.89 bits per heavy atom. The van der Waals surface area contributed by atoms with Gasteiger partial charge in [-0.05, 0) is 60.7 Å². The van der Waals surface area contributed by atoms with E-state index in [-0.39, 0.29) is 5.91 Å². The van der Waals surface area contributed by atoms with Gasteiger partial charge >= 0.3 is 0 Å². The highest BCUT2D eigenvalue weighted by Gasteiger charge is 2.22. The first-order valence-electron chi connectivity index (χ1n) is 9.25. The molecular weight excluding hydrogens is 354 g/mol. The van der Waals surface area contributed by atoms with Gasteiger partial charge in [-0.25, -0.2) is 0 Å². The van der Waals surface area contributed by atoms with Gasteiger partial charge in [-0.15, -0.1) is 0 Å². The number of hydrogen-bond acceptors (Lipinski definition) is 6. The predicted octanol–water partition coefficient (Wildman–Crippen LogP) is 3.59. The van der Waals surface area contributed by atoms with Crippen LogP contribution in [0.15, 0.2) is 40.9 Å². The van der Waals surface area contributed by atoms with Crippen LogP contribution >= 0.6 is 0 Å². The lowest BCUT2D eigenvalue weighted by atomic mass is 10.1. The van der Waals surface area contributed by atoms with Crippen LogP contribution in [-0.4, -0.2) is 22.6 Å². The van der Waals surface area contributed by atoms with Crippen molar-refractivity contribution in [2.24, 2.45) is 5.92 Å². The molecule has 2 aliphatic rings. The predicted molar refractivity (Wildman–Crippen MR) is 103 cm³/mol. The van der Waals surface area contributed by atoms with E-state index >= 15 is 0 Å². The molecule has 1 amide bonds. The van der Waals surface area contributed by atoms with Gasteiger partial charge in [0.05, 0.1) is 17.7 Å². The number of benzene rings is 2. The number of hydrogen-bond donors (Lipinski definition) is 2. The zero-order valence-electron chi connectivity index (χ0n) is 15.0. The number of carbonyl (C=O) groups is 1. The van der Waals surface area contributed by atoms with Gasteiger partial charge in [0.2, 0.25) is 11.7 Å². The van der Waals surface area contributed by atoms with E-state index in [1.807, 2.05) is 30.3 Å². The van der Waals surface area contributed by atoms with Gasteiger partial charge in [-0.2, -0.15) is 10.2 Å². The van der Waals surface area contributed by atoms with Crippen LogP contribution < -0.4 is 10.6 Å². The lowest BCUT2D eigenvalue weighted by molar-refractivity contribution is -0.115. The van der Waals surface area contributed by atoms with Crippen molar-refractivity contribution >= 4 is 17.3 Å². The maximum Gasteiger partial charge on any atom is 0.258 e. The number of anilines is 2. The smallest absolute Gasteiger partial charge is 0.258 e. The molecule has 2 aromatic carbocycles. The highest BCUT2D eigenvalue weighted by Crippen LogP contribution is 2.31. The molecular formula is C21H17N5O2. The summed E-state index contributed by atoms with van der Waals surface area (Å²) in [6, 6.07) is 13.3. The number of rotatable bonds is 5. The van der Waals surface area contributed by atoms with Crippen molar-refractivity contribution in [2.45, 2.75) is 19.3 Å². The summed E-state index contributed by atoms with van der Waals surface area (Å²) >= 11 is 0. The minimum absolute atomic E-state index is 0.0135. The molecule has 1 aliphatic carbocycles. The summed E-state index contributed by atoms with van der Waals surface area (Å²) in [5.74, 6) is 1.52. The number of carbonyl (C=O) groups excluding carboxylic acids is 1. The number of aromatic nitrogens is 2. The third kappa shape index (κ3) is 3.09. The molecule has 7 nitrogen and oxygen atoms in total. The topological polar surface area (TPSA) is 104 Å². The van der Waals surface area contributed by atoms with Crippen molar-refractivity contribution in [3.05, 3.63) is 47.5 Å². The highest BCUT2D eigenvalue weighted by molar-refractivity contribution is 5.99. The third-order valence-corrected chi connectivity index (χ3v) is 5.08. The standard InChI is InChI=1S/C21H17N5O2/c22-10-16-8-14(4-5-17(16)23-11-12-1-2-12)21-25-20(26-28-21)13-3-6-18-15(7-13)9-19(27)24-18/h3-8,12,23H,1-2,9,11H2,(H,24,27). The molecule has 138 valence electrons. The summed E-state index contributed by atoms with van der Waals surface area (Å²) in [5, 5.41) is 19.7. The van der Waals surface area contributed by atoms with Crippen LogP contribution in [0.5, 0.6) is 0 Å². The Morgan fingerprint density at radius 1 is 1.21 bits per heavy atom. The number of amides is 1. The summed E-state index contributed by atoms with van der Waals surface area (Å²) in [6.07, 6.45) is 2.87. The van der Waals surface area contributed by atoms with Crippen LogP contribution in [0.2, 0.25) is 0 Å². The van der Waals surface area contributed by atoms with E-state index in [1.165, 1.54) is 12.8 Å². The average Bonchev–Trinajstić information content (AvgIpc) is 3.26. The van der Waals surface area contributed by atoms with Gasteiger partial charge in [-0.1, -0.05) is 5.16 Å². The van der Waals surface area contributed by atoms with Gasteiger partial charge in [0.15, 0.2) is 0 Å². The zero-order valence-corrected chi connectivity index (χ0v) is 15.0. The first-order valence-corrected chi connectivity index (χ1v) is 9.25. The van der Waals surface area contributed by atoms with E-state index in [2.05, 4.69) is 26.8 Å². The molecule has 7 heteroatoms. The van der Waals surface area contributed by atoms with Crippen molar-refractivity contribution in [2.75, 3.05) is 17.2 Å². The first kappa shape index (κ1) is 16.5. The molecule has 0 radical (unpaired) electrons. The van der Waals surface area contributed by atoms with Gasteiger partial charge in [0.25, 0.3) is 5.89 Å². The summed E-state index contributed by atoms with van der Waals surface area (Å²) < 4.78 is 5.42. The molecule has 2 heterocycles. The second kappa shape index (κ2) is 6.50. The van der Waals surface area contributed by atoms with Crippen LogP contribution in [0.4, 0.5) is 11.4 Å². The van der Waals surface area contributed by atoms with Gasteiger partial charge in [0, 0.05) is 23.4 Å². The fourth-order valence-corrected chi connectivity index (χ4v) is 3.33. The molecule has 1 saturated carbocycles. The van der Waals surface area contributed by atoms with Gasteiger partial charge in [0.1, 0.15) is 6.07 Å². The van der Waals surface area contributed by atoms with Crippen molar-refractivity contribution in [3.63, 3.8) is 0 Å². The SMILES string of the molecule is N#Cc1cc(-c2nc(-c3ccc4c(c3)CC(=O)N4)no2)ccc1NCC1CC1. The number of nitrogens with one attached hydrogen (secondary N) is 2. The van der Waals surface area contributed by atoms with E-state index in [0.717, 1.165) is 35.0 Å². The van der Waals surface area contributed by atoms with Crippen molar-refractivity contribution in [1.29, 1.82) is 5.26 Å². The monoisotopic (exact) mass is 371 g/mol. The molecule has 0 spiro atoms. The maximum atomic E-state index is 11.5. The van der Waals surface area contributed by atoms with Gasteiger partial charge in [-0.3, -0.25) is 4.79 Å². The van der Waals surface area contributed by atoms with Crippen LogP contribution in [0.25, 0.3) is 22.8 Å². The van der Waals surface area contributed by atoms with Crippen LogP contribution in [0.1, 0.15) is 24.0 Å². The fourth-order valence-electron chi connectivity index (χ4n) is 3.33. The molecule has 0 unspecified atom stereocenters. The lowest BCUT2D eigenvalue weighted by Crippen LogP contribution is -2.04. The molecule has 3 aromatic rings. The summed E-state index contributed by atoms with van der Waals surface area (Å²) in [6.45, 7) is 0.897. The molecule has 1 aromatic heterocycles. The summed E-state index contributed by atoms with van der Waals surface area (Å²) in [4.78, 5) is 16.0. The van der Waals surface area contributed by atoms with E-state index in [4.69, 9.17) is 4.52 Å². The quantitative estimate of drug-likeness (QED) is 0.710. The van der Waals surface area contributed by atoms with E-state index in [0.29, 0.717) is 29.3 Å². The van der Waals surface area contributed by atoms with E-state index in [1.54, 1.807) is 6.07 Å². The first-order chi connectivity index (χ1) is 13.7. The Morgan fingerprint density at radius 2 is 2.07 bits per heavy atom. The number of fused-ring (bicyclic) bond motifs is 1. The molecule has 2 N–H and O–H groups in total. The second-order valence-corrected chi connectivity index (χ2v) is 7.22. The Hall–Kier alpha value is -3.66. The van der Waals surface area contributed by atoms with Crippen LogP contribution in [-0.2, 0) is 11.2 Å². The lowest BCUT2D eigenvalue weighted by Gasteiger charge is -2.08. The summed E-state index contributed by atoms with van der Waals surface area (Å²) in [5.41, 5.74) is 4.62. The molecule has 0 atom stereocenters. The minimum atomic E-state index is -0.0135. The summed E-state index contributed by atoms with van der Waals surface area (Å²) in [7, 11) is 0. The van der Waals surface area contributed by atoms with E-state index < -0.39 is 0 Å². The Bertz CT molecular complexity index is 1120. The molecule has 1 fully saturated rings. The van der Waals surface area contributed by atoms with Crippen molar-refractivity contribution in [3.8, 4) is 28.9 Å². The number of nitriles is 1. The van der Waals surface area contributed by atoms with Gasteiger partial charge < -0.3 is 15.2 Å². The minimum Gasteiger partial charge on any atom is -0.384 e. The highest BCUT2D eigenvalue weighted by atomic mass is 16.5. The van der Waals surface area contributed by atoms with Crippen LogP contribution in [0, 0.1) is 17.2 Å². The average molecular weight is 371 g/mol. The third-order valence-electron chi connectivity index (χ3n) is 5.08. The number of nitrogens with zero attached hydrogens (tertiary/aromatic N) is 3. The molecule has 5 rings (SSSR count). The molecule has 28 heavy (non-hydrogen) atoms.